The Morgan fingerprint density at radius 2 is 1.68 bits per heavy atom. The second kappa shape index (κ2) is 6.87. The van der Waals surface area contributed by atoms with Crippen LogP contribution in [0.5, 0.6) is 0 Å². The molecule has 0 aliphatic carbocycles. The van der Waals surface area contributed by atoms with Crippen molar-refractivity contribution < 1.29 is 0 Å². The van der Waals surface area contributed by atoms with Gasteiger partial charge in [0, 0.05) is 22.6 Å². The van der Waals surface area contributed by atoms with Crippen molar-refractivity contribution in [1.29, 1.82) is 0 Å². The SMILES string of the molecule is CC(C)N1CCC(N[C@H](C)c2ccc(Br)cc2)CC1. The summed E-state index contributed by atoms with van der Waals surface area (Å²) < 4.78 is 1.15. The molecule has 2 nitrogen and oxygen atoms in total. The number of hydrogen-bond donors (Lipinski definition) is 1. The molecule has 0 bridgehead atoms. The predicted octanol–water partition coefficient (Wildman–Crippen LogP) is 3.97. The Kier molecular flexibility index (Phi) is 5.43. The van der Waals surface area contributed by atoms with Gasteiger partial charge < -0.3 is 10.2 Å². The molecular weight excluding hydrogens is 300 g/mol. The zero-order chi connectivity index (χ0) is 13.8. The molecule has 0 saturated carbocycles. The fourth-order valence-electron chi connectivity index (χ4n) is 2.78. The van der Waals surface area contributed by atoms with E-state index in [1.54, 1.807) is 0 Å². The Balaban J connectivity index is 1.83. The summed E-state index contributed by atoms with van der Waals surface area (Å²) in [6.45, 7) is 9.29. The molecule has 1 aliphatic heterocycles. The van der Waals surface area contributed by atoms with Gasteiger partial charge in [0.1, 0.15) is 0 Å². The van der Waals surface area contributed by atoms with Crippen LogP contribution in [0, 0.1) is 0 Å². The summed E-state index contributed by atoms with van der Waals surface area (Å²) in [6, 6.07) is 10.4. The smallest absolute Gasteiger partial charge is 0.0294 e. The van der Waals surface area contributed by atoms with Crippen LogP contribution in [0.2, 0.25) is 0 Å². The number of likely N-dealkylation sites (tertiary alicyclic amines) is 1. The van der Waals surface area contributed by atoms with Gasteiger partial charge in [-0.25, -0.2) is 0 Å². The average Bonchev–Trinajstić information content (AvgIpc) is 2.40. The van der Waals surface area contributed by atoms with E-state index < -0.39 is 0 Å². The molecule has 0 spiro atoms. The molecule has 1 atom stereocenters. The Labute approximate surface area is 125 Å². The molecule has 19 heavy (non-hydrogen) atoms. The van der Waals surface area contributed by atoms with Crippen LogP contribution in [0.15, 0.2) is 28.7 Å². The number of halogens is 1. The van der Waals surface area contributed by atoms with Gasteiger partial charge in [0.05, 0.1) is 0 Å². The van der Waals surface area contributed by atoms with Gasteiger partial charge in [-0.3, -0.25) is 0 Å². The second-order valence-corrected chi connectivity index (χ2v) is 6.76. The molecule has 0 amide bonds. The van der Waals surface area contributed by atoms with Gasteiger partial charge in [-0.15, -0.1) is 0 Å². The molecular formula is C16H25BrN2. The number of piperidine rings is 1. The molecule has 3 heteroatoms. The van der Waals surface area contributed by atoms with Gasteiger partial charge in [0.2, 0.25) is 0 Å². The molecule has 1 N–H and O–H groups in total. The molecule has 0 aromatic heterocycles. The van der Waals surface area contributed by atoms with Crippen molar-refractivity contribution in [3.05, 3.63) is 34.3 Å². The average molecular weight is 325 g/mol. The van der Waals surface area contributed by atoms with E-state index in [1.165, 1.54) is 31.5 Å². The maximum atomic E-state index is 3.77. The van der Waals surface area contributed by atoms with Gasteiger partial charge in [0.25, 0.3) is 0 Å². The van der Waals surface area contributed by atoms with Gasteiger partial charge in [-0.2, -0.15) is 0 Å². The van der Waals surface area contributed by atoms with Crippen LogP contribution in [0.1, 0.15) is 45.2 Å². The number of hydrogen-bond acceptors (Lipinski definition) is 2. The van der Waals surface area contributed by atoms with Crippen molar-refractivity contribution in [2.45, 2.75) is 51.7 Å². The Bertz CT molecular complexity index is 380. The van der Waals surface area contributed by atoms with Crippen LogP contribution >= 0.6 is 15.9 Å². The van der Waals surface area contributed by atoms with Crippen LogP contribution < -0.4 is 5.32 Å². The number of nitrogens with one attached hydrogen (secondary N) is 1. The van der Waals surface area contributed by atoms with Crippen LogP contribution in [0.4, 0.5) is 0 Å². The highest BCUT2D eigenvalue weighted by Crippen LogP contribution is 2.20. The summed E-state index contributed by atoms with van der Waals surface area (Å²) in [7, 11) is 0. The van der Waals surface area contributed by atoms with Crippen molar-refractivity contribution in [3.63, 3.8) is 0 Å². The summed E-state index contributed by atoms with van der Waals surface area (Å²) in [4.78, 5) is 2.57. The van der Waals surface area contributed by atoms with E-state index in [4.69, 9.17) is 0 Å². The monoisotopic (exact) mass is 324 g/mol. The third-order valence-corrected chi connectivity index (χ3v) is 4.64. The minimum absolute atomic E-state index is 0.434. The fourth-order valence-corrected chi connectivity index (χ4v) is 3.05. The standard InChI is InChI=1S/C16H25BrN2/c1-12(2)19-10-8-16(9-11-19)18-13(3)14-4-6-15(17)7-5-14/h4-7,12-13,16,18H,8-11H2,1-3H3/t13-/m1/s1. The second-order valence-electron chi connectivity index (χ2n) is 5.84. The minimum atomic E-state index is 0.434. The molecule has 1 aromatic carbocycles. The Hall–Kier alpha value is -0.380. The van der Waals surface area contributed by atoms with Crippen LogP contribution in [0.3, 0.4) is 0 Å². The highest BCUT2D eigenvalue weighted by molar-refractivity contribution is 9.10. The quantitative estimate of drug-likeness (QED) is 0.901. The van der Waals surface area contributed by atoms with Gasteiger partial charge >= 0.3 is 0 Å². The van der Waals surface area contributed by atoms with Crippen molar-refractivity contribution in [2.75, 3.05) is 13.1 Å². The van der Waals surface area contributed by atoms with Crippen LogP contribution in [-0.4, -0.2) is 30.1 Å². The Morgan fingerprint density at radius 1 is 1.11 bits per heavy atom. The zero-order valence-corrected chi connectivity index (χ0v) is 13.8. The van der Waals surface area contributed by atoms with Crippen molar-refractivity contribution in [3.8, 4) is 0 Å². The van der Waals surface area contributed by atoms with E-state index in [0.29, 0.717) is 18.1 Å². The van der Waals surface area contributed by atoms with Crippen LogP contribution in [-0.2, 0) is 0 Å². The third-order valence-electron chi connectivity index (χ3n) is 4.12. The molecule has 2 rings (SSSR count). The summed E-state index contributed by atoms with van der Waals surface area (Å²) >= 11 is 3.49. The third kappa shape index (κ3) is 4.30. The first-order valence-corrected chi connectivity index (χ1v) is 8.11. The van der Waals surface area contributed by atoms with E-state index in [0.717, 1.165) is 4.47 Å². The van der Waals surface area contributed by atoms with E-state index in [9.17, 15) is 0 Å². The van der Waals surface area contributed by atoms with Crippen LogP contribution in [0.25, 0.3) is 0 Å². The van der Waals surface area contributed by atoms with Crippen molar-refractivity contribution in [1.82, 2.24) is 10.2 Å². The zero-order valence-electron chi connectivity index (χ0n) is 12.2. The first-order valence-electron chi connectivity index (χ1n) is 7.32. The molecule has 1 saturated heterocycles. The van der Waals surface area contributed by atoms with Crippen molar-refractivity contribution >= 4 is 15.9 Å². The number of benzene rings is 1. The fraction of sp³-hybridized carbons (Fsp3) is 0.625. The molecule has 0 unspecified atom stereocenters. The number of rotatable bonds is 4. The lowest BCUT2D eigenvalue weighted by atomic mass is 10.0. The lowest BCUT2D eigenvalue weighted by Crippen LogP contribution is -2.45. The van der Waals surface area contributed by atoms with E-state index in [2.05, 4.69) is 71.2 Å². The first kappa shape index (κ1) is 15.0. The summed E-state index contributed by atoms with van der Waals surface area (Å²) in [5.74, 6) is 0. The normalized spacial score (nSPS) is 19.8. The topological polar surface area (TPSA) is 15.3 Å². The van der Waals surface area contributed by atoms with E-state index >= 15 is 0 Å². The Morgan fingerprint density at radius 3 is 2.21 bits per heavy atom. The largest absolute Gasteiger partial charge is 0.307 e. The van der Waals surface area contributed by atoms with Gasteiger partial charge in [0.15, 0.2) is 0 Å². The maximum Gasteiger partial charge on any atom is 0.0294 e. The summed E-state index contributed by atoms with van der Waals surface area (Å²) in [6.07, 6.45) is 2.53. The minimum Gasteiger partial charge on any atom is -0.307 e. The van der Waals surface area contributed by atoms with Gasteiger partial charge in [-0.05, 0) is 64.4 Å². The molecule has 106 valence electrons. The number of nitrogens with zero attached hydrogens (tertiary/aromatic N) is 1. The summed E-state index contributed by atoms with van der Waals surface area (Å²) in [5.41, 5.74) is 1.37. The molecule has 1 heterocycles. The first-order chi connectivity index (χ1) is 9.06. The molecule has 1 aliphatic rings. The molecule has 1 fully saturated rings. The predicted molar refractivity (Wildman–Crippen MR) is 85.4 cm³/mol. The molecule has 0 radical (unpaired) electrons. The summed E-state index contributed by atoms with van der Waals surface area (Å²) in [5, 5.41) is 3.77. The highest BCUT2D eigenvalue weighted by atomic mass is 79.9. The van der Waals surface area contributed by atoms with Crippen molar-refractivity contribution in [2.24, 2.45) is 0 Å². The van der Waals surface area contributed by atoms with E-state index in [1.807, 2.05) is 0 Å². The van der Waals surface area contributed by atoms with Gasteiger partial charge in [-0.1, -0.05) is 28.1 Å². The lowest BCUT2D eigenvalue weighted by molar-refractivity contribution is 0.157. The lowest BCUT2D eigenvalue weighted by Gasteiger charge is -2.36. The highest BCUT2D eigenvalue weighted by Gasteiger charge is 2.21. The maximum absolute atomic E-state index is 3.77. The van der Waals surface area contributed by atoms with E-state index in [-0.39, 0.29) is 0 Å². The molecule has 1 aromatic rings.